The summed E-state index contributed by atoms with van der Waals surface area (Å²) >= 11 is 9.07. The van der Waals surface area contributed by atoms with E-state index in [1.54, 1.807) is 0 Å². The molecule has 3 nitrogen and oxygen atoms in total. The van der Waals surface area contributed by atoms with Gasteiger partial charge in [0.25, 0.3) is 0 Å². The molecule has 0 aromatic carbocycles. The number of hydrogen-bond donors (Lipinski definition) is 0. The molecule has 0 aromatic heterocycles. The van der Waals surface area contributed by atoms with E-state index in [-0.39, 0.29) is 32.8 Å². The number of halogens is 8. The molecule has 0 saturated heterocycles. The summed E-state index contributed by atoms with van der Waals surface area (Å²) < 4.78 is 86.4. The highest BCUT2D eigenvalue weighted by atomic mass is 35.5. The van der Waals surface area contributed by atoms with E-state index in [4.69, 9.17) is 21.1 Å². The van der Waals surface area contributed by atoms with Gasteiger partial charge in [-0.3, -0.25) is 0 Å². The van der Waals surface area contributed by atoms with Gasteiger partial charge in [-0.25, -0.2) is 0 Å². The average molecular weight is 367 g/mol. The third kappa shape index (κ3) is 11.3. The van der Waals surface area contributed by atoms with Gasteiger partial charge in [0.05, 0.1) is 26.4 Å². The van der Waals surface area contributed by atoms with Crippen LogP contribution in [0.25, 0.3) is 0 Å². The monoisotopic (exact) mass is 366 g/mol. The lowest BCUT2D eigenvalue weighted by molar-refractivity contribution is -0.191. The van der Waals surface area contributed by atoms with Crippen LogP contribution in [-0.4, -0.2) is 49.9 Å². The molecule has 0 saturated carbocycles. The summed E-state index contributed by atoms with van der Waals surface area (Å²) in [4.78, 5) is 0. The zero-order valence-corrected chi connectivity index (χ0v) is 12.2. The van der Waals surface area contributed by atoms with Crippen molar-refractivity contribution in [1.29, 1.82) is 0 Å². The summed E-state index contributed by atoms with van der Waals surface area (Å²) in [7, 11) is 0. The van der Waals surface area contributed by atoms with Crippen molar-refractivity contribution in [3.05, 3.63) is 0 Å². The molecule has 0 aromatic rings. The molecular formula is C10H14Cl2F6O3. The van der Waals surface area contributed by atoms with Crippen molar-refractivity contribution in [1.82, 2.24) is 0 Å². The van der Waals surface area contributed by atoms with Crippen molar-refractivity contribution < 1.29 is 40.6 Å². The fourth-order valence-electron chi connectivity index (χ4n) is 1.01. The van der Waals surface area contributed by atoms with Crippen LogP contribution in [0.1, 0.15) is 12.8 Å². The molecule has 11 heteroatoms. The number of rotatable bonds is 11. The molecule has 0 amide bonds. The Kier molecular flexibility index (Phi) is 9.26. The van der Waals surface area contributed by atoms with Crippen molar-refractivity contribution in [3.63, 3.8) is 0 Å². The Balaban J connectivity index is 3.42. The standard InChI is InChI=1S/C10H14Cl2F6O3/c11-9(16,17)10(12,18)21-7-6-20-5-4-19-3-1-2-8(13,14)15/h1-7H2. The Morgan fingerprint density at radius 1 is 0.714 bits per heavy atom. The maximum atomic E-state index is 12.9. The predicted octanol–water partition coefficient (Wildman–Crippen LogP) is 4.07. The molecule has 0 radical (unpaired) electrons. The minimum Gasteiger partial charge on any atom is -0.379 e. The third-order valence-electron chi connectivity index (χ3n) is 1.96. The summed E-state index contributed by atoms with van der Waals surface area (Å²) in [5.74, 6) is 0. The van der Waals surface area contributed by atoms with Gasteiger partial charge in [-0.2, -0.15) is 26.3 Å². The number of hydrogen-bond acceptors (Lipinski definition) is 3. The Hall–Kier alpha value is 0.0400. The van der Waals surface area contributed by atoms with Crippen LogP contribution in [0.3, 0.4) is 0 Å². The van der Waals surface area contributed by atoms with E-state index in [1.807, 2.05) is 0 Å². The lowest BCUT2D eigenvalue weighted by atomic mass is 10.3. The minimum absolute atomic E-state index is 0.00512. The largest absolute Gasteiger partial charge is 0.394 e. The lowest BCUT2D eigenvalue weighted by Crippen LogP contribution is -2.38. The first-order valence-corrected chi connectivity index (χ1v) is 6.52. The smallest absolute Gasteiger partial charge is 0.379 e. The molecule has 0 aliphatic heterocycles. The van der Waals surface area contributed by atoms with Crippen LogP contribution in [0.15, 0.2) is 0 Å². The van der Waals surface area contributed by atoms with Gasteiger partial charge in [-0.05, 0) is 29.6 Å². The quantitative estimate of drug-likeness (QED) is 0.313. The maximum Gasteiger partial charge on any atom is 0.394 e. The van der Waals surface area contributed by atoms with Gasteiger partial charge >= 0.3 is 16.9 Å². The number of alkyl halides is 8. The van der Waals surface area contributed by atoms with Crippen LogP contribution in [0.2, 0.25) is 0 Å². The van der Waals surface area contributed by atoms with Crippen molar-refractivity contribution in [2.24, 2.45) is 0 Å². The fourth-order valence-corrected chi connectivity index (χ4v) is 1.14. The van der Waals surface area contributed by atoms with Crippen LogP contribution in [0, 0.1) is 0 Å². The molecule has 0 spiro atoms. The second-order valence-electron chi connectivity index (χ2n) is 3.81. The van der Waals surface area contributed by atoms with Crippen LogP contribution < -0.4 is 0 Å². The molecule has 0 N–H and O–H groups in total. The Morgan fingerprint density at radius 3 is 1.67 bits per heavy atom. The summed E-state index contributed by atoms with van der Waals surface area (Å²) in [5.41, 5.74) is 0. The average Bonchev–Trinajstić information content (AvgIpc) is 2.28. The zero-order valence-electron chi connectivity index (χ0n) is 10.7. The molecule has 0 fully saturated rings. The first kappa shape index (κ1) is 21.0. The van der Waals surface area contributed by atoms with Crippen molar-refractivity contribution >= 4 is 23.2 Å². The van der Waals surface area contributed by atoms with Gasteiger partial charge in [-0.15, -0.1) is 0 Å². The van der Waals surface area contributed by atoms with E-state index in [0.717, 1.165) is 0 Å². The van der Waals surface area contributed by atoms with Crippen LogP contribution >= 0.6 is 23.2 Å². The van der Waals surface area contributed by atoms with Crippen LogP contribution in [0.4, 0.5) is 26.3 Å². The van der Waals surface area contributed by atoms with Crippen LogP contribution in [-0.2, 0) is 14.2 Å². The van der Waals surface area contributed by atoms with Crippen molar-refractivity contribution in [3.8, 4) is 0 Å². The van der Waals surface area contributed by atoms with Gasteiger partial charge in [-0.1, -0.05) is 0 Å². The zero-order chi connectivity index (χ0) is 16.6. The topological polar surface area (TPSA) is 27.7 Å². The summed E-state index contributed by atoms with van der Waals surface area (Å²) in [5, 5.41) is -8.23. The van der Waals surface area contributed by atoms with E-state index in [9.17, 15) is 26.3 Å². The van der Waals surface area contributed by atoms with Crippen molar-refractivity contribution in [2.45, 2.75) is 29.7 Å². The second kappa shape index (κ2) is 9.24. The summed E-state index contributed by atoms with van der Waals surface area (Å²) in [6, 6.07) is 0. The molecule has 0 rings (SSSR count). The molecule has 0 heterocycles. The highest BCUT2D eigenvalue weighted by molar-refractivity contribution is 6.31. The normalized spacial score (nSPS) is 16.0. The van der Waals surface area contributed by atoms with E-state index in [2.05, 4.69) is 16.3 Å². The second-order valence-corrected chi connectivity index (χ2v) is 4.77. The van der Waals surface area contributed by atoms with Gasteiger partial charge in [0.1, 0.15) is 0 Å². The molecule has 128 valence electrons. The molecule has 1 atom stereocenters. The highest BCUT2D eigenvalue weighted by Crippen LogP contribution is 2.40. The van der Waals surface area contributed by atoms with E-state index >= 15 is 0 Å². The predicted molar refractivity (Wildman–Crippen MR) is 63.4 cm³/mol. The van der Waals surface area contributed by atoms with Crippen LogP contribution in [0.5, 0.6) is 0 Å². The molecule has 21 heavy (non-hydrogen) atoms. The van der Waals surface area contributed by atoms with E-state index in [0.29, 0.717) is 0 Å². The lowest BCUT2D eigenvalue weighted by Gasteiger charge is -2.22. The SMILES string of the molecule is FC(F)(F)CCCOCCOCCOC(F)(Cl)C(F)(F)Cl. The molecular weight excluding hydrogens is 353 g/mol. The Bertz CT molecular complexity index is 283. The molecule has 0 aliphatic rings. The maximum absolute atomic E-state index is 12.9. The Labute approximate surface area is 127 Å². The van der Waals surface area contributed by atoms with Gasteiger partial charge < -0.3 is 14.2 Å². The first-order chi connectivity index (χ1) is 9.46. The van der Waals surface area contributed by atoms with Crippen molar-refractivity contribution in [2.75, 3.05) is 33.0 Å². The number of ether oxygens (including phenoxy) is 3. The molecule has 1 unspecified atom stereocenters. The van der Waals surface area contributed by atoms with E-state index in [1.165, 1.54) is 0 Å². The van der Waals surface area contributed by atoms with E-state index < -0.39 is 29.9 Å². The third-order valence-corrected chi connectivity index (χ3v) is 2.65. The van der Waals surface area contributed by atoms with Gasteiger partial charge in [0, 0.05) is 13.0 Å². The molecule has 0 bridgehead atoms. The highest BCUT2D eigenvalue weighted by Gasteiger charge is 2.54. The summed E-state index contributed by atoms with van der Waals surface area (Å²) in [6.45, 7) is -0.958. The summed E-state index contributed by atoms with van der Waals surface area (Å²) in [6.07, 6.45) is -5.33. The first-order valence-electron chi connectivity index (χ1n) is 5.76. The van der Waals surface area contributed by atoms with Gasteiger partial charge in [0.2, 0.25) is 0 Å². The van der Waals surface area contributed by atoms with Gasteiger partial charge in [0.15, 0.2) is 0 Å². The fraction of sp³-hybridized carbons (Fsp3) is 1.00. The Morgan fingerprint density at radius 2 is 1.19 bits per heavy atom. The molecule has 0 aliphatic carbocycles. The minimum atomic E-state index is -4.39.